The minimum Gasteiger partial charge on any atom is -0.393 e. The first-order chi connectivity index (χ1) is 8.54. The van der Waals surface area contributed by atoms with Crippen LogP contribution < -0.4 is 5.32 Å². The zero-order chi connectivity index (χ0) is 13.1. The molecule has 0 saturated heterocycles. The van der Waals surface area contributed by atoms with Crippen LogP contribution in [0, 0.1) is 0 Å². The lowest BCUT2D eigenvalue weighted by atomic mass is 9.89. The van der Waals surface area contributed by atoms with Gasteiger partial charge in [0.15, 0.2) is 0 Å². The molecule has 0 spiro atoms. The lowest BCUT2D eigenvalue weighted by Crippen LogP contribution is -2.46. The molecule has 1 amide bonds. The third-order valence-corrected chi connectivity index (χ3v) is 3.40. The van der Waals surface area contributed by atoms with Gasteiger partial charge in [-0.05, 0) is 36.6 Å². The van der Waals surface area contributed by atoms with Gasteiger partial charge in [-0.3, -0.25) is 4.79 Å². The van der Waals surface area contributed by atoms with Gasteiger partial charge in [0.05, 0.1) is 6.10 Å². The molecule has 1 fully saturated rings. The van der Waals surface area contributed by atoms with E-state index in [-0.39, 0.29) is 18.1 Å². The van der Waals surface area contributed by atoms with E-state index in [1.165, 1.54) is 6.08 Å². The maximum Gasteiger partial charge on any atom is 0.244 e. The van der Waals surface area contributed by atoms with E-state index in [9.17, 15) is 4.79 Å². The summed E-state index contributed by atoms with van der Waals surface area (Å²) in [5.74, 6) is -0.182. The number of carbonyl (C=O) groups excluding carboxylic acids is 1. The molecule has 0 radical (unpaired) electrons. The highest BCUT2D eigenvalue weighted by atomic mass is 35.5. The van der Waals surface area contributed by atoms with Crippen LogP contribution in [-0.2, 0) is 4.79 Å². The summed E-state index contributed by atoms with van der Waals surface area (Å²) in [6, 6.07) is 5.18. The standard InChI is InChI=1S/C13H13Cl2NO2/c14-9-3-1-8(12(15)5-9)2-4-13(18)16-10-6-11(17)7-10/h1-5,10-11,17H,6-7H2,(H,16,18). The summed E-state index contributed by atoms with van der Waals surface area (Å²) in [4.78, 5) is 11.6. The minimum absolute atomic E-state index is 0.0813. The zero-order valence-electron chi connectivity index (χ0n) is 9.57. The molecule has 1 saturated carbocycles. The average molecular weight is 286 g/mol. The first kappa shape index (κ1) is 13.4. The van der Waals surface area contributed by atoms with Gasteiger partial charge in [-0.25, -0.2) is 0 Å². The van der Waals surface area contributed by atoms with Crippen LogP contribution in [0.5, 0.6) is 0 Å². The van der Waals surface area contributed by atoms with Crippen LogP contribution in [0.2, 0.25) is 10.0 Å². The Morgan fingerprint density at radius 3 is 2.72 bits per heavy atom. The van der Waals surface area contributed by atoms with Crippen molar-refractivity contribution in [3.05, 3.63) is 39.9 Å². The number of nitrogens with one attached hydrogen (secondary N) is 1. The van der Waals surface area contributed by atoms with E-state index in [1.54, 1.807) is 24.3 Å². The van der Waals surface area contributed by atoms with Crippen molar-refractivity contribution in [2.75, 3.05) is 0 Å². The van der Waals surface area contributed by atoms with Crippen LogP contribution in [0.25, 0.3) is 6.08 Å². The molecule has 0 aliphatic heterocycles. The van der Waals surface area contributed by atoms with Crippen molar-refractivity contribution < 1.29 is 9.90 Å². The van der Waals surface area contributed by atoms with Crippen molar-refractivity contribution in [1.82, 2.24) is 5.32 Å². The lowest BCUT2D eigenvalue weighted by Gasteiger charge is -2.31. The molecule has 0 atom stereocenters. The number of amides is 1. The Bertz CT molecular complexity index is 482. The maximum absolute atomic E-state index is 11.6. The van der Waals surface area contributed by atoms with Gasteiger partial charge >= 0.3 is 0 Å². The summed E-state index contributed by atoms with van der Waals surface area (Å²) in [5, 5.41) is 13.0. The van der Waals surface area contributed by atoms with Crippen LogP contribution in [0.3, 0.4) is 0 Å². The van der Waals surface area contributed by atoms with Crippen molar-refractivity contribution in [2.45, 2.75) is 25.0 Å². The number of rotatable bonds is 3. The SMILES string of the molecule is O=C(C=Cc1ccc(Cl)cc1Cl)NC1CC(O)C1. The molecule has 1 aliphatic rings. The first-order valence-corrected chi connectivity index (χ1v) is 6.42. The normalized spacial score (nSPS) is 22.8. The second-order valence-electron chi connectivity index (χ2n) is 4.33. The fourth-order valence-electron chi connectivity index (χ4n) is 1.76. The number of carbonyl (C=O) groups is 1. The van der Waals surface area contributed by atoms with Gasteiger partial charge in [-0.15, -0.1) is 0 Å². The van der Waals surface area contributed by atoms with Gasteiger partial charge < -0.3 is 10.4 Å². The number of aliphatic hydroxyl groups excluding tert-OH is 1. The lowest BCUT2D eigenvalue weighted by molar-refractivity contribution is -0.118. The molecule has 2 N–H and O–H groups in total. The Labute approximate surface area is 115 Å². The molecule has 1 aromatic rings. The summed E-state index contributed by atoms with van der Waals surface area (Å²) >= 11 is 11.8. The highest BCUT2D eigenvalue weighted by Gasteiger charge is 2.27. The van der Waals surface area contributed by atoms with Crippen LogP contribution in [0.15, 0.2) is 24.3 Å². The minimum atomic E-state index is -0.273. The van der Waals surface area contributed by atoms with E-state index >= 15 is 0 Å². The highest BCUT2D eigenvalue weighted by molar-refractivity contribution is 6.35. The van der Waals surface area contributed by atoms with Crippen molar-refractivity contribution in [1.29, 1.82) is 0 Å². The third kappa shape index (κ3) is 3.48. The number of hydrogen-bond acceptors (Lipinski definition) is 2. The van der Waals surface area contributed by atoms with Crippen LogP contribution >= 0.6 is 23.2 Å². The Balaban J connectivity index is 1.91. The molecule has 0 heterocycles. The van der Waals surface area contributed by atoms with E-state index in [4.69, 9.17) is 28.3 Å². The molecule has 5 heteroatoms. The smallest absolute Gasteiger partial charge is 0.244 e. The number of hydrogen-bond donors (Lipinski definition) is 2. The van der Waals surface area contributed by atoms with E-state index < -0.39 is 0 Å². The van der Waals surface area contributed by atoms with Gasteiger partial charge in [-0.2, -0.15) is 0 Å². The van der Waals surface area contributed by atoms with Crippen molar-refractivity contribution >= 4 is 35.2 Å². The molecular formula is C13H13Cl2NO2. The van der Waals surface area contributed by atoms with Gasteiger partial charge in [0.2, 0.25) is 5.91 Å². The van der Waals surface area contributed by atoms with Crippen molar-refractivity contribution in [3.63, 3.8) is 0 Å². The Hall–Kier alpha value is -1.03. The van der Waals surface area contributed by atoms with E-state index in [1.807, 2.05) is 0 Å². The predicted molar refractivity (Wildman–Crippen MR) is 72.7 cm³/mol. The second-order valence-corrected chi connectivity index (χ2v) is 5.17. The molecule has 0 unspecified atom stereocenters. The summed E-state index contributed by atoms with van der Waals surface area (Å²) < 4.78 is 0. The molecule has 3 nitrogen and oxygen atoms in total. The van der Waals surface area contributed by atoms with E-state index in [0.717, 1.165) is 5.56 Å². The third-order valence-electron chi connectivity index (χ3n) is 2.84. The summed E-state index contributed by atoms with van der Waals surface area (Å²) in [5.41, 5.74) is 0.741. The van der Waals surface area contributed by atoms with E-state index in [2.05, 4.69) is 5.32 Å². The van der Waals surface area contributed by atoms with Gasteiger partial charge in [0, 0.05) is 22.2 Å². The van der Waals surface area contributed by atoms with Crippen molar-refractivity contribution in [2.24, 2.45) is 0 Å². The largest absolute Gasteiger partial charge is 0.393 e. The van der Waals surface area contributed by atoms with Gasteiger partial charge in [-0.1, -0.05) is 29.3 Å². The van der Waals surface area contributed by atoms with Crippen LogP contribution in [0.4, 0.5) is 0 Å². The maximum atomic E-state index is 11.6. The molecule has 0 bridgehead atoms. The van der Waals surface area contributed by atoms with Gasteiger partial charge in [0.25, 0.3) is 0 Å². The summed E-state index contributed by atoms with van der Waals surface area (Å²) in [6.45, 7) is 0. The Morgan fingerprint density at radius 1 is 1.39 bits per heavy atom. The second kappa shape index (κ2) is 5.74. The molecule has 0 aromatic heterocycles. The van der Waals surface area contributed by atoms with E-state index in [0.29, 0.717) is 22.9 Å². The first-order valence-electron chi connectivity index (χ1n) is 5.66. The molecule has 1 aromatic carbocycles. The van der Waals surface area contributed by atoms with Crippen LogP contribution in [0.1, 0.15) is 18.4 Å². The molecular weight excluding hydrogens is 273 g/mol. The molecule has 1 aliphatic carbocycles. The number of benzene rings is 1. The monoisotopic (exact) mass is 285 g/mol. The fourth-order valence-corrected chi connectivity index (χ4v) is 2.23. The average Bonchev–Trinajstić information content (AvgIpc) is 2.26. The molecule has 96 valence electrons. The topological polar surface area (TPSA) is 49.3 Å². The summed E-state index contributed by atoms with van der Waals surface area (Å²) in [6.07, 6.45) is 4.05. The number of aliphatic hydroxyl groups is 1. The fraction of sp³-hybridized carbons (Fsp3) is 0.308. The zero-order valence-corrected chi connectivity index (χ0v) is 11.1. The molecule has 2 rings (SSSR count). The number of halogens is 2. The quantitative estimate of drug-likeness (QED) is 0.839. The van der Waals surface area contributed by atoms with Crippen molar-refractivity contribution in [3.8, 4) is 0 Å². The van der Waals surface area contributed by atoms with Gasteiger partial charge in [0.1, 0.15) is 0 Å². The Kier molecular flexibility index (Phi) is 4.27. The molecule has 18 heavy (non-hydrogen) atoms. The van der Waals surface area contributed by atoms with Crippen LogP contribution in [-0.4, -0.2) is 23.2 Å². The Morgan fingerprint density at radius 2 is 2.11 bits per heavy atom. The summed E-state index contributed by atoms with van der Waals surface area (Å²) in [7, 11) is 0. The highest BCUT2D eigenvalue weighted by Crippen LogP contribution is 2.22. The predicted octanol–water partition coefficient (Wildman–Crippen LogP) is 2.65.